The number of halogens is 2. The molecule has 8 heteroatoms. The van der Waals surface area contributed by atoms with Crippen LogP contribution in [0, 0.1) is 0 Å². The molecular formula is C31H38Cl2N2O3S. The van der Waals surface area contributed by atoms with Crippen LogP contribution in [0.2, 0.25) is 10.0 Å². The minimum Gasteiger partial charge on any atom is -0.481 e. The molecule has 1 atom stereocenters. The van der Waals surface area contributed by atoms with Crippen molar-refractivity contribution in [1.29, 1.82) is 0 Å². The molecule has 0 fully saturated rings. The molecule has 0 aliphatic rings. The fraction of sp³-hybridized carbons (Fsp3) is 0.387. The summed E-state index contributed by atoms with van der Waals surface area (Å²) in [6.45, 7) is 5.27. The van der Waals surface area contributed by atoms with Gasteiger partial charge in [-0.15, -0.1) is 0 Å². The number of likely N-dealkylation sites (N-methyl/N-ethyl adjacent to an activating group) is 1. The molecule has 0 spiro atoms. The number of aliphatic hydroxyl groups excluding tert-OH is 1. The monoisotopic (exact) mass is 588 g/mol. The summed E-state index contributed by atoms with van der Waals surface area (Å²) in [5.74, 6) is -0.826. The van der Waals surface area contributed by atoms with Gasteiger partial charge in [0.2, 0.25) is 0 Å². The number of carbonyl (C=O) groups is 1. The van der Waals surface area contributed by atoms with Crippen molar-refractivity contribution < 1.29 is 15.0 Å². The molecule has 0 unspecified atom stereocenters. The Labute approximate surface area is 246 Å². The number of β-amino-alcohol motifs (C(OH)–C–C–N with tert-alkyl or cyclic N) is 1. The highest BCUT2D eigenvalue weighted by Crippen LogP contribution is 2.40. The van der Waals surface area contributed by atoms with Gasteiger partial charge in [0.25, 0.3) is 0 Å². The molecule has 3 N–H and O–H groups in total. The van der Waals surface area contributed by atoms with Gasteiger partial charge in [-0.3, -0.25) is 4.79 Å². The summed E-state index contributed by atoms with van der Waals surface area (Å²) < 4.78 is 1.97. The summed E-state index contributed by atoms with van der Waals surface area (Å²) in [6.07, 6.45) is 3.08. The third-order valence-corrected chi connectivity index (χ3v) is 8.23. The van der Waals surface area contributed by atoms with Gasteiger partial charge in [0.05, 0.1) is 11.1 Å². The van der Waals surface area contributed by atoms with Crippen molar-refractivity contribution in [3.8, 4) is 11.1 Å². The summed E-state index contributed by atoms with van der Waals surface area (Å²) in [6, 6.07) is 21.9. The molecule has 3 rings (SSSR count). The minimum atomic E-state index is -0.826. The lowest BCUT2D eigenvalue weighted by Crippen LogP contribution is -2.45. The van der Waals surface area contributed by atoms with Crippen LogP contribution < -0.4 is 5.32 Å². The molecule has 5 nitrogen and oxygen atoms in total. The molecule has 0 saturated heterocycles. The normalized spacial score (nSPS) is 12.6. The van der Waals surface area contributed by atoms with Gasteiger partial charge in [-0.1, -0.05) is 77.8 Å². The highest BCUT2D eigenvalue weighted by atomic mass is 35.5. The maximum Gasteiger partial charge on any atom is 0.303 e. The third-order valence-electron chi connectivity index (χ3n) is 6.52. The Morgan fingerprint density at radius 2 is 1.74 bits per heavy atom. The molecule has 39 heavy (non-hydrogen) atoms. The van der Waals surface area contributed by atoms with E-state index in [1.54, 1.807) is 6.07 Å². The van der Waals surface area contributed by atoms with E-state index >= 15 is 0 Å². The minimum absolute atomic E-state index is 0.0693. The van der Waals surface area contributed by atoms with E-state index in [0.717, 1.165) is 40.8 Å². The van der Waals surface area contributed by atoms with Gasteiger partial charge < -0.3 is 15.5 Å². The second kappa shape index (κ2) is 15.1. The Balaban J connectivity index is 1.58. The zero-order chi connectivity index (χ0) is 28.4. The van der Waals surface area contributed by atoms with E-state index in [2.05, 4.69) is 43.4 Å². The van der Waals surface area contributed by atoms with E-state index in [4.69, 9.17) is 28.3 Å². The van der Waals surface area contributed by atoms with Crippen molar-refractivity contribution in [3.63, 3.8) is 0 Å². The SMILES string of the molecule is CN(C[C@H](O)CNC(C)(C)CCCc1ccccc1)Sc1c(Cl)cc(Cl)cc1-c1cccc(CCC(=O)O)c1. The van der Waals surface area contributed by atoms with Crippen LogP contribution in [0.3, 0.4) is 0 Å². The second-order valence-electron chi connectivity index (χ2n) is 10.5. The Morgan fingerprint density at radius 3 is 2.46 bits per heavy atom. The predicted molar refractivity (Wildman–Crippen MR) is 164 cm³/mol. The van der Waals surface area contributed by atoms with Gasteiger partial charge >= 0.3 is 5.97 Å². The number of aryl methyl sites for hydroxylation is 2. The van der Waals surface area contributed by atoms with Crippen molar-refractivity contribution >= 4 is 41.1 Å². The number of nitrogens with zero attached hydrogens (tertiary/aromatic N) is 1. The fourth-order valence-corrected chi connectivity index (χ4v) is 6.01. The van der Waals surface area contributed by atoms with Crippen molar-refractivity contribution in [1.82, 2.24) is 9.62 Å². The molecule has 0 amide bonds. The number of nitrogens with one attached hydrogen (secondary N) is 1. The number of hydrogen-bond donors (Lipinski definition) is 3. The number of aliphatic carboxylic acids is 1. The number of benzene rings is 3. The average Bonchev–Trinajstić information content (AvgIpc) is 2.88. The van der Waals surface area contributed by atoms with Crippen LogP contribution in [0.4, 0.5) is 0 Å². The van der Waals surface area contributed by atoms with Crippen LogP contribution in [0.15, 0.2) is 71.6 Å². The van der Waals surface area contributed by atoms with Crippen LogP contribution in [0.25, 0.3) is 11.1 Å². The highest BCUT2D eigenvalue weighted by molar-refractivity contribution is 7.97. The summed E-state index contributed by atoms with van der Waals surface area (Å²) in [7, 11) is 1.93. The molecular weight excluding hydrogens is 551 g/mol. The Hall–Kier alpha value is -2.06. The van der Waals surface area contributed by atoms with Crippen molar-refractivity contribution in [2.45, 2.75) is 62.5 Å². The van der Waals surface area contributed by atoms with Crippen LogP contribution in [0.5, 0.6) is 0 Å². The lowest BCUT2D eigenvalue weighted by molar-refractivity contribution is -0.136. The lowest BCUT2D eigenvalue weighted by Gasteiger charge is -2.29. The Kier molecular flexibility index (Phi) is 12.2. The topological polar surface area (TPSA) is 72.8 Å². The molecule has 0 bridgehead atoms. The average molecular weight is 590 g/mol. The van der Waals surface area contributed by atoms with Crippen LogP contribution >= 0.6 is 35.1 Å². The first-order chi connectivity index (χ1) is 18.5. The zero-order valence-corrected chi connectivity index (χ0v) is 25.1. The Morgan fingerprint density at radius 1 is 1.03 bits per heavy atom. The molecule has 0 aliphatic carbocycles. The van der Waals surface area contributed by atoms with Gasteiger partial charge in [0.15, 0.2) is 0 Å². The molecule has 3 aromatic rings. The number of carboxylic acid groups (broad SMARTS) is 1. The summed E-state index contributed by atoms with van der Waals surface area (Å²) in [4.78, 5) is 11.8. The largest absolute Gasteiger partial charge is 0.481 e. The van der Waals surface area contributed by atoms with Gasteiger partial charge in [0, 0.05) is 35.0 Å². The zero-order valence-electron chi connectivity index (χ0n) is 22.8. The van der Waals surface area contributed by atoms with E-state index in [0.29, 0.717) is 29.6 Å². The second-order valence-corrected chi connectivity index (χ2v) is 12.6. The molecule has 0 aromatic heterocycles. The predicted octanol–water partition coefficient (Wildman–Crippen LogP) is 7.37. The molecule has 0 saturated carbocycles. The quantitative estimate of drug-likeness (QED) is 0.161. The van der Waals surface area contributed by atoms with Gasteiger partial charge in [-0.25, -0.2) is 4.31 Å². The first-order valence-electron chi connectivity index (χ1n) is 13.2. The van der Waals surface area contributed by atoms with E-state index < -0.39 is 12.1 Å². The van der Waals surface area contributed by atoms with Crippen LogP contribution in [0.1, 0.15) is 44.2 Å². The summed E-state index contributed by atoms with van der Waals surface area (Å²) in [5.41, 5.74) is 3.98. The fourth-order valence-electron chi connectivity index (χ4n) is 4.43. The van der Waals surface area contributed by atoms with Crippen molar-refractivity contribution in [3.05, 3.63) is 87.9 Å². The third kappa shape index (κ3) is 10.8. The number of aliphatic hydroxyl groups is 1. The number of hydrogen-bond acceptors (Lipinski definition) is 5. The smallest absolute Gasteiger partial charge is 0.303 e. The standard InChI is InChI=1S/C31H38Cl2N2O3S/c1-31(2,16-8-12-22-9-5-4-6-10-22)34-20-26(36)21-35(3)39-30-27(18-25(32)19-28(30)33)24-13-7-11-23(17-24)14-15-29(37)38/h4-7,9-11,13,17-19,26,34,36H,8,12,14-16,20-21H2,1-3H3,(H,37,38)/t26-/m1/s1. The van der Waals surface area contributed by atoms with Gasteiger partial charge in [-0.2, -0.15) is 0 Å². The highest BCUT2D eigenvalue weighted by Gasteiger charge is 2.20. The maximum absolute atomic E-state index is 11.0. The lowest BCUT2D eigenvalue weighted by atomic mass is 9.95. The molecule has 0 aliphatic heterocycles. The molecule has 210 valence electrons. The van der Waals surface area contributed by atoms with Crippen molar-refractivity contribution in [2.24, 2.45) is 0 Å². The van der Waals surface area contributed by atoms with Gasteiger partial charge in [-0.05, 0) is 92.9 Å². The molecule has 0 heterocycles. The van der Waals surface area contributed by atoms with E-state index in [1.165, 1.54) is 17.5 Å². The molecule has 0 radical (unpaired) electrons. The summed E-state index contributed by atoms with van der Waals surface area (Å²) >= 11 is 14.5. The van der Waals surface area contributed by atoms with Crippen LogP contribution in [-0.2, 0) is 17.6 Å². The van der Waals surface area contributed by atoms with E-state index in [9.17, 15) is 9.90 Å². The number of rotatable bonds is 15. The van der Waals surface area contributed by atoms with Gasteiger partial charge in [0.1, 0.15) is 0 Å². The molecule has 3 aromatic carbocycles. The van der Waals surface area contributed by atoms with E-state index in [-0.39, 0.29) is 12.0 Å². The summed E-state index contributed by atoms with van der Waals surface area (Å²) in [5, 5.41) is 24.4. The maximum atomic E-state index is 11.0. The first-order valence-corrected chi connectivity index (χ1v) is 14.7. The van der Waals surface area contributed by atoms with E-state index in [1.807, 2.05) is 47.8 Å². The van der Waals surface area contributed by atoms with Crippen LogP contribution in [-0.4, -0.2) is 52.3 Å². The number of carboxylic acids is 1. The Bertz CT molecular complexity index is 1220. The first kappa shape index (κ1) is 31.5. The van der Waals surface area contributed by atoms with Crippen molar-refractivity contribution in [2.75, 3.05) is 20.1 Å².